The van der Waals surface area contributed by atoms with Gasteiger partial charge in [-0.05, 0) is 29.8 Å². The van der Waals surface area contributed by atoms with E-state index in [2.05, 4.69) is 0 Å². The van der Waals surface area contributed by atoms with Gasteiger partial charge in [0.2, 0.25) is 0 Å². The minimum Gasteiger partial charge on any atom is -0.506 e. The molecule has 2 aromatic rings. The Kier molecular flexibility index (Phi) is 3.28. The first kappa shape index (κ1) is 11.8. The molecule has 2 aromatic carbocycles. The summed E-state index contributed by atoms with van der Waals surface area (Å²) in [6.45, 7) is 0. The average molecular weight is 341 g/mol. The van der Waals surface area contributed by atoms with Gasteiger partial charge in [-0.1, -0.05) is 12.1 Å². The van der Waals surface area contributed by atoms with Crippen molar-refractivity contribution < 1.29 is 5.11 Å². The Hall–Kier alpha value is -1.63. The topological polar surface area (TPSA) is 96.1 Å². The molecule has 6 N–H and O–H groups in total. The maximum absolute atomic E-state index is 9.43. The van der Waals surface area contributed by atoms with Crippen LogP contribution in [0.1, 0.15) is 0 Å². The summed E-state index contributed by atoms with van der Waals surface area (Å²) in [5, 5.41) is 9.43. The van der Waals surface area contributed by atoms with Crippen LogP contribution < -0.4 is 11.5 Å². The highest BCUT2D eigenvalue weighted by Crippen LogP contribution is 2.35. The van der Waals surface area contributed by atoms with Crippen LogP contribution in [0.25, 0.3) is 11.1 Å². The van der Waals surface area contributed by atoms with Crippen molar-refractivity contribution in [2.45, 2.75) is 0 Å². The monoisotopic (exact) mass is 341 g/mol. The van der Waals surface area contributed by atoms with E-state index in [1.807, 2.05) is 24.3 Å². The van der Waals surface area contributed by atoms with Gasteiger partial charge >= 0.3 is 0 Å². The Morgan fingerprint density at radius 3 is 2.18 bits per heavy atom. The standard InChI is InChI=1S/C12H12IN3O/c14-11-9(5-6-10(17)12(11)15)7-1-3-8(13-16)4-2-7/h1-6,16-17H,14-15H2. The van der Waals surface area contributed by atoms with Crippen LogP contribution in [0.15, 0.2) is 36.4 Å². The number of hydrogen-bond acceptors (Lipinski definition) is 4. The first-order valence-electron chi connectivity index (χ1n) is 4.91. The molecule has 0 aromatic heterocycles. The lowest BCUT2D eigenvalue weighted by Crippen LogP contribution is -1.97. The van der Waals surface area contributed by atoms with Crippen molar-refractivity contribution >= 4 is 32.4 Å². The number of benzene rings is 2. The highest BCUT2D eigenvalue weighted by molar-refractivity contribution is 14.2. The van der Waals surface area contributed by atoms with Crippen molar-refractivity contribution in [2.24, 2.45) is 0 Å². The molecule has 5 heteroatoms. The third-order valence-corrected chi connectivity index (χ3v) is 3.87. The lowest BCUT2D eigenvalue weighted by molar-refractivity contribution is 0.478. The van der Waals surface area contributed by atoms with Crippen molar-refractivity contribution in [1.82, 2.24) is 0 Å². The predicted molar refractivity (Wildman–Crippen MR) is 77.8 cm³/mol. The van der Waals surface area contributed by atoms with Crippen LogP contribution in [-0.2, 0) is 0 Å². The summed E-state index contributed by atoms with van der Waals surface area (Å²) in [7, 11) is 0. The van der Waals surface area contributed by atoms with E-state index in [0.29, 0.717) is 5.69 Å². The van der Waals surface area contributed by atoms with Gasteiger partial charge in [0, 0.05) is 30.2 Å². The van der Waals surface area contributed by atoms with Gasteiger partial charge in [0.25, 0.3) is 0 Å². The molecule has 0 unspecified atom stereocenters. The van der Waals surface area contributed by atoms with Gasteiger partial charge < -0.3 is 16.6 Å². The van der Waals surface area contributed by atoms with Crippen molar-refractivity contribution in [1.29, 1.82) is 3.56 Å². The van der Waals surface area contributed by atoms with Crippen LogP contribution in [0.4, 0.5) is 11.4 Å². The summed E-state index contributed by atoms with van der Waals surface area (Å²) in [6.07, 6.45) is 0. The third-order valence-electron chi connectivity index (χ3n) is 2.53. The van der Waals surface area contributed by atoms with Gasteiger partial charge in [0.1, 0.15) is 5.75 Å². The normalized spacial score (nSPS) is 10.4. The molecule has 0 fully saturated rings. The summed E-state index contributed by atoms with van der Waals surface area (Å²) in [4.78, 5) is 0. The Morgan fingerprint density at radius 2 is 1.59 bits per heavy atom. The first-order chi connectivity index (χ1) is 8.13. The summed E-state index contributed by atoms with van der Waals surface area (Å²) in [5.41, 5.74) is 13.9. The zero-order valence-corrected chi connectivity index (χ0v) is 11.1. The molecule has 0 aliphatic carbocycles. The van der Waals surface area contributed by atoms with Gasteiger partial charge in [-0.15, -0.1) is 0 Å². The number of nitrogens with two attached hydrogens (primary N) is 2. The van der Waals surface area contributed by atoms with Gasteiger partial charge in [-0.2, -0.15) is 0 Å². The van der Waals surface area contributed by atoms with Crippen LogP contribution >= 0.6 is 21.0 Å². The minimum absolute atomic E-state index is 0.0000972. The molecule has 4 nitrogen and oxygen atoms in total. The molecule has 0 heterocycles. The molecule has 88 valence electrons. The molecule has 0 radical (unpaired) electrons. The zero-order chi connectivity index (χ0) is 12.4. The molecule has 0 spiro atoms. The van der Waals surface area contributed by atoms with Crippen molar-refractivity contribution in [3.05, 3.63) is 40.0 Å². The van der Waals surface area contributed by atoms with Gasteiger partial charge in [0.15, 0.2) is 0 Å². The van der Waals surface area contributed by atoms with Gasteiger partial charge in [-0.3, -0.25) is 3.56 Å². The van der Waals surface area contributed by atoms with E-state index in [1.54, 1.807) is 6.07 Å². The fourth-order valence-corrected chi connectivity index (χ4v) is 2.29. The molecule has 0 aliphatic heterocycles. The van der Waals surface area contributed by atoms with Crippen LogP contribution in [0.5, 0.6) is 5.75 Å². The minimum atomic E-state index is -0.639. The van der Waals surface area contributed by atoms with Crippen molar-refractivity contribution in [2.75, 3.05) is 11.5 Å². The number of rotatable bonds is 2. The Labute approximate surface area is 109 Å². The fourth-order valence-electron chi connectivity index (χ4n) is 1.57. The van der Waals surface area contributed by atoms with Crippen molar-refractivity contribution in [3.63, 3.8) is 0 Å². The van der Waals surface area contributed by atoms with Crippen LogP contribution in [0.2, 0.25) is 0 Å². The zero-order valence-electron chi connectivity index (χ0n) is 8.94. The van der Waals surface area contributed by atoms with E-state index in [9.17, 15) is 5.11 Å². The molecule has 17 heavy (non-hydrogen) atoms. The Balaban J connectivity index is 2.53. The second kappa shape index (κ2) is 4.70. The van der Waals surface area contributed by atoms with Crippen LogP contribution in [0.3, 0.4) is 0 Å². The molecule has 2 rings (SSSR count). The smallest absolute Gasteiger partial charge is 0.140 e. The lowest BCUT2D eigenvalue weighted by atomic mass is 10.0. The summed E-state index contributed by atoms with van der Waals surface area (Å²) in [5.74, 6) is -0.0000972. The van der Waals surface area contributed by atoms with E-state index >= 15 is 0 Å². The molecular formula is C12H12IN3O. The number of hydrogen-bond donors (Lipinski definition) is 4. The molecular weight excluding hydrogens is 329 g/mol. The number of nitrogen functional groups attached to an aromatic ring is 2. The molecule has 0 saturated heterocycles. The average Bonchev–Trinajstić information content (AvgIpc) is 2.36. The highest BCUT2D eigenvalue weighted by atomic mass is 127. The van der Waals surface area contributed by atoms with E-state index in [1.165, 1.54) is 6.07 Å². The van der Waals surface area contributed by atoms with Crippen molar-refractivity contribution in [3.8, 4) is 16.9 Å². The van der Waals surface area contributed by atoms with Crippen LogP contribution in [-0.4, -0.2) is 5.11 Å². The van der Waals surface area contributed by atoms with E-state index < -0.39 is 21.0 Å². The number of phenolic OH excluding ortho intramolecular Hbond substituents is 1. The first-order valence-corrected chi connectivity index (χ1v) is 7.07. The van der Waals surface area contributed by atoms with Crippen LogP contribution in [0, 0.1) is 7.13 Å². The summed E-state index contributed by atoms with van der Waals surface area (Å²) < 4.78 is 8.41. The van der Waals surface area contributed by atoms with E-state index in [0.717, 1.165) is 14.7 Å². The Bertz CT molecular complexity index is 567. The summed E-state index contributed by atoms with van der Waals surface area (Å²) in [6, 6.07) is 11.0. The highest BCUT2D eigenvalue weighted by Gasteiger charge is 2.08. The maximum Gasteiger partial charge on any atom is 0.140 e. The van der Waals surface area contributed by atoms with Gasteiger partial charge in [0.05, 0.1) is 11.4 Å². The fraction of sp³-hybridized carbons (Fsp3) is 0. The molecule has 0 atom stereocenters. The second-order valence-electron chi connectivity index (χ2n) is 3.56. The number of anilines is 2. The number of halogens is 1. The summed E-state index contributed by atoms with van der Waals surface area (Å²) >= 11 is -0.639. The second-order valence-corrected chi connectivity index (χ2v) is 5.35. The number of nitrogens with one attached hydrogen (secondary N) is 1. The lowest BCUT2D eigenvalue weighted by Gasteiger charge is -2.09. The predicted octanol–water partition coefficient (Wildman–Crippen LogP) is 3.13. The quantitative estimate of drug-likeness (QED) is 0.384. The SMILES string of the molecule is N=Ic1ccc(-c2ccc(O)c(N)c2N)cc1. The molecule has 0 amide bonds. The Morgan fingerprint density at radius 1 is 0.941 bits per heavy atom. The maximum atomic E-state index is 9.43. The van der Waals surface area contributed by atoms with Gasteiger partial charge in [-0.25, -0.2) is 0 Å². The largest absolute Gasteiger partial charge is 0.506 e. The molecule has 0 aliphatic rings. The van der Waals surface area contributed by atoms with E-state index in [4.69, 9.17) is 15.0 Å². The molecule has 0 saturated carbocycles. The molecule has 0 bridgehead atoms. The van der Waals surface area contributed by atoms with E-state index in [-0.39, 0.29) is 11.4 Å². The number of aromatic hydroxyl groups is 1. The number of phenols is 1. The third kappa shape index (κ3) is 2.23.